The van der Waals surface area contributed by atoms with E-state index in [1.54, 1.807) is 6.07 Å². The maximum Gasteiger partial charge on any atom is 0.0627 e. The van der Waals surface area contributed by atoms with E-state index in [0.29, 0.717) is 16.5 Å². The molecule has 78 valence electrons. The zero-order chi connectivity index (χ0) is 10.7. The minimum absolute atomic E-state index is 0.0196. The van der Waals surface area contributed by atoms with Crippen molar-refractivity contribution in [3.8, 4) is 0 Å². The normalized spacial score (nSPS) is 15.2. The fourth-order valence-electron chi connectivity index (χ4n) is 1.43. The zero-order valence-electron chi connectivity index (χ0n) is 8.30. The van der Waals surface area contributed by atoms with Gasteiger partial charge in [-0.15, -0.1) is 0 Å². The molecule has 0 aliphatic carbocycles. The van der Waals surface area contributed by atoms with Gasteiger partial charge in [-0.3, -0.25) is 0 Å². The summed E-state index contributed by atoms with van der Waals surface area (Å²) in [5.74, 6) is 0.0196. The van der Waals surface area contributed by atoms with Crippen LogP contribution in [0.25, 0.3) is 0 Å². The first-order valence-corrected chi connectivity index (χ1v) is 5.45. The smallest absolute Gasteiger partial charge is 0.0627 e. The van der Waals surface area contributed by atoms with Crippen molar-refractivity contribution in [2.45, 2.75) is 32.3 Å². The van der Waals surface area contributed by atoms with Gasteiger partial charge in [0.1, 0.15) is 0 Å². The van der Waals surface area contributed by atoms with Gasteiger partial charge in [-0.2, -0.15) is 0 Å². The molecule has 0 heterocycles. The van der Waals surface area contributed by atoms with E-state index in [2.05, 4.69) is 0 Å². The SMILES string of the molecule is CCC(O)C(C)c1cccc(Cl)c1Cl. The topological polar surface area (TPSA) is 20.2 Å². The van der Waals surface area contributed by atoms with Crippen LogP contribution in [-0.4, -0.2) is 11.2 Å². The summed E-state index contributed by atoms with van der Waals surface area (Å²) in [6.45, 7) is 3.89. The Hall–Kier alpha value is -0.240. The molecule has 0 saturated heterocycles. The van der Waals surface area contributed by atoms with Crippen molar-refractivity contribution in [2.75, 3.05) is 0 Å². The van der Waals surface area contributed by atoms with Crippen LogP contribution >= 0.6 is 23.2 Å². The van der Waals surface area contributed by atoms with E-state index in [9.17, 15) is 5.11 Å². The molecule has 2 atom stereocenters. The van der Waals surface area contributed by atoms with Gasteiger partial charge < -0.3 is 5.11 Å². The second kappa shape index (κ2) is 5.01. The van der Waals surface area contributed by atoms with Gasteiger partial charge in [0.2, 0.25) is 0 Å². The average Bonchev–Trinajstić information content (AvgIpc) is 2.20. The molecule has 0 radical (unpaired) electrons. The van der Waals surface area contributed by atoms with Gasteiger partial charge in [0.25, 0.3) is 0 Å². The Morgan fingerprint density at radius 2 is 2.00 bits per heavy atom. The summed E-state index contributed by atoms with van der Waals surface area (Å²) in [6, 6.07) is 5.50. The molecule has 1 aromatic rings. The molecular weight excluding hydrogens is 219 g/mol. The molecule has 3 heteroatoms. The van der Waals surface area contributed by atoms with E-state index in [4.69, 9.17) is 23.2 Å². The lowest BCUT2D eigenvalue weighted by Gasteiger charge is -2.19. The van der Waals surface area contributed by atoms with Gasteiger partial charge in [-0.1, -0.05) is 49.2 Å². The zero-order valence-corrected chi connectivity index (χ0v) is 9.81. The van der Waals surface area contributed by atoms with Crippen LogP contribution in [0.15, 0.2) is 18.2 Å². The highest BCUT2D eigenvalue weighted by Crippen LogP contribution is 2.32. The molecule has 0 amide bonds. The fourth-order valence-corrected chi connectivity index (χ4v) is 1.91. The number of aliphatic hydroxyl groups excluding tert-OH is 1. The van der Waals surface area contributed by atoms with Crippen LogP contribution in [0.5, 0.6) is 0 Å². The maximum atomic E-state index is 9.69. The van der Waals surface area contributed by atoms with E-state index >= 15 is 0 Å². The number of hydrogen-bond acceptors (Lipinski definition) is 1. The summed E-state index contributed by atoms with van der Waals surface area (Å²) in [4.78, 5) is 0. The highest BCUT2D eigenvalue weighted by Gasteiger charge is 2.17. The van der Waals surface area contributed by atoms with Crippen LogP contribution in [0.1, 0.15) is 31.7 Å². The molecule has 14 heavy (non-hydrogen) atoms. The summed E-state index contributed by atoms with van der Waals surface area (Å²) in [7, 11) is 0. The van der Waals surface area contributed by atoms with E-state index < -0.39 is 0 Å². The van der Waals surface area contributed by atoms with Gasteiger partial charge in [-0.05, 0) is 18.1 Å². The number of rotatable bonds is 3. The third kappa shape index (κ3) is 2.41. The number of benzene rings is 1. The fraction of sp³-hybridized carbons (Fsp3) is 0.455. The molecule has 2 unspecified atom stereocenters. The lowest BCUT2D eigenvalue weighted by molar-refractivity contribution is 0.145. The lowest BCUT2D eigenvalue weighted by atomic mass is 9.94. The molecule has 0 fully saturated rings. The van der Waals surface area contributed by atoms with Crippen molar-refractivity contribution < 1.29 is 5.11 Å². The molecule has 0 aliphatic heterocycles. The van der Waals surface area contributed by atoms with Gasteiger partial charge in [0.15, 0.2) is 0 Å². The summed E-state index contributed by atoms with van der Waals surface area (Å²) in [6.07, 6.45) is 0.343. The molecule has 1 aromatic carbocycles. The largest absolute Gasteiger partial charge is 0.393 e. The maximum absolute atomic E-state index is 9.69. The quantitative estimate of drug-likeness (QED) is 0.840. The molecule has 0 aromatic heterocycles. The summed E-state index contributed by atoms with van der Waals surface area (Å²) < 4.78 is 0. The highest BCUT2D eigenvalue weighted by atomic mass is 35.5. The van der Waals surface area contributed by atoms with Gasteiger partial charge in [-0.25, -0.2) is 0 Å². The van der Waals surface area contributed by atoms with Crippen LogP contribution in [-0.2, 0) is 0 Å². The Morgan fingerprint density at radius 1 is 1.36 bits per heavy atom. The Morgan fingerprint density at radius 3 is 2.57 bits per heavy atom. The van der Waals surface area contributed by atoms with Crippen LogP contribution in [0.4, 0.5) is 0 Å². The van der Waals surface area contributed by atoms with Gasteiger partial charge in [0, 0.05) is 5.92 Å². The van der Waals surface area contributed by atoms with Crippen molar-refractivity contribution in [1.29, 1.82) is 0 Å². The molecule has 0 spiro atoms. The van der Waals surface area contributed by atoms with Crippen molar-refractivity contribution in [3.05, 3.63) is 33.8 Å². The molecule has 1 nitrogen and oxygen atoms in total. The van der Waals surface area contributed by atoms with E-state index in [1.807, 2.05) is 26.0 Å². The van der Waals surface area contributed by atoms with Crippen molar-refractivity contribution in [1.82, 2.24) is 0 Å². The first kappa shape index (κ1) is 11.8. The van der Waals surface area contributed by atoms with Crippen LogP contribution in [0.2, 0.25) is 10.0 Å². The molecule has 1 N–H and O–H groups in total. The first-order chi connectivity index (χ1) is 6.57. The molecule has 0 saturated carbocycles. The summed E-state index contributed by atoms with van der Waals surface area (Å²) >= 11 is 11.9. The average molecular weight is 233 g/mol. The van der Waals surface area contributed by atoms with Crippen LogP contribution < -0.4 is 0 Å². The predicted octanol–water partition coefficient (Wildman–Crippen LogP) is 3.87. The Bertz CT molecular complexity index is 312. The second-order valence-corrected chi connectivity index (χ2v) is 4.19. The lowest BCUT2D eigenvalue weighted by Crippen LogP contribution is -2.14. The van der Waals surface area contributed by atoms with Gasteiger partial charge in [0.05, 0.1) is 16.1 Å². The molecule has 1 rings (SSSR count). The molecular formula is C11H14Cl2O. The second-order valence-electron chi connectivity index (χ2n) is 3.41. The van der Waals surface area contributed by atoms with Gasteiger partial charge >= 0.3 is 0 Å². The minimum Gasteiger partial charge on any atom is -0.393 e. The number of hydrogen-bond donors (Lipinski definition) is 1. The van der Waals surface area contributed by atoms with Crippen molar-refractivity contribution in [3.63, 3.8) is 0 Å². The first-order valence-electron chi connectivity index (χ1n) is 4.69. The monoisotopic (exact) mass is 232 g/mol. The molecule has 0 bridgehead atoms. The van der Waals surface area contributed by atoms with E-state index in [1.165, 1.54) is 0 Å². The van der Waals surface area contributed by atoms with Crippen LogP contribution in [0, 0.1) is 0 Å². The third-order valence-corrected chi connectivity index (χ3v) is 3.30. The Labute approximate surface area is 94.7 Å². The standard InChI is InChI=1S/C11H14Cl2O/c1-3-10(14)7(2)8-5-4-6-9(12)11(8)13/h4-7,10,14H,3H2,1-2H3. The summed E-state index contributed by atoms with van der Waals surface area (Å²) in [5, 5.41) is 10.8. The predicted molar refractivity (Wildman–Crippen MR) is 61.2 cm³/mol. The Balaban J connectivity index is 3.01. The highest BCUT2D eigenvalue weighted by molar-refractivity contribution is 6.42. The third-order valence-electron chi connectivity index (χ3n) is 2.47. The molecule has 0 aliphatic rings. The van der Waals surface area contributed by atoms with Crippen molar-refractivity contribution >= 4 is 23.2 Å². The van der Waals surface area contributed by atoms with Crippen LogP contribution in [0.3, 0.4) is 0 Å². The number of aliphatic hydroxyl groups is 1. The summed E-state index contributed by atoms with van der Waals surface area (Å²) in [5.41, 5.74) is 0.911. The Kier molecular flexibility index (Phi) is 4.24. The van der Waals surface area contributed by atoms with E-state index in [0.717, 1.165) is 5.56 Å². The number of halogens is 2. The van der Waals surface area contributed by atoms with E-state index in [-0.39, 0.29) is 12.0 Å². The van der Waals surface area contributed by atoms with Crippen molar-refractivity contribution in [2.24, 2.45) is 0 Å². The minimum atomic E-state index is -0.369.